The van der Waals surface area contributed by atoms with Crippen LogP contribution in [-0.2, 0) is 4.79 Å². The van der Waals surface area contributed by atoms with Crippen LogP contribution in [-0.4, -0.2) is 43.1 Å². The maximum absolute atomic E-state index is 11.0. The zero-order valence-corrected chi connectivity index (χ0v) is 18.1. The van der Waals surface area contributed by atoms with E-state index in [2.05, 4.69) is 28.2 Å². The minimum Gasteiger partial charge on any atom is -0.310 e. The molecule has 1 aromatic rings. The molecule has 0 aromatic heterocycles. The van der Waals surface area contributed by atoms with Gasteiger partial charge in [-0.15, -0.1) is 0 Å². The lowest BCUT2D eigenvalue weighted by atomic mass is 10.2. The molecule has 0 spiro atoms. The van der Waals surface area contributed by atoms with Gasteiger partial charge in [-0.25, -0.2) is 0 Å². The standard InChI is InChI=1S/C10H7NOS2.C3H3NO2S.C3H3NOS2/c12-10-11-9(13)8(14-10)6-7-4-2-1-3-5-7;5-2-1-7-3(6)4-2;5-3-4-2(6)1-7-3/h1-6H,(H,11,12,13);2*1H2,(H,4,5,6)/b8-6-;;. The van der Waals surface area contributed by atoms with E-state index in [1.165, 1.54) is 11.8 Å². The quantitative estimate of drug-likeness (QED) is 0.419. The van der Waals surface area contributed by atoms with Crippen LogP contribution < -0.4 is 16.0 Å². The van der Waals surface area contributed by atoms with Crippen molar-refractivity contribution in [2.45, 2.75) is 0 Å². The number of benzene rings is 1. The maximum atomic E-state index is 11.0. The number of nitrogens with one attached hydrogen (secondary N) is 3. The van der Waals surface area contributed by atoms with E-state index in [9.17, 15) is 19.2 Å². The average Bonchev–Trinajstić information content (AvgIpc) is 3.31. The Kier molecular flexibility index (Phi) is 9.12. The number of hydrogen-bond donors (Lipinski definition) is 3. The number of carbonyl (C=O) groups excluding carboxylic acids is 4. The highest BCUT2D eigenvalue weighted by molar-refractivity contribution is 8.19. The normalized spacial score (nSPS) is 19.4. The minimum atomic E-state index is -0.231. The summed E-state index contributed by atoms with van der Waals surface area (Å²) in [6.45, 7) is 0. The van der Waals surface area contributed by atoms with Crippen molar-refractivity contribution < 1.29 is 19.2 Å². The summed E-state index contributed by atoms with van der Waals surface area (Å²) in [6.07, 6.45) is 1.91. The van der Waals surface area contributed by atoms with Crippen LogP contribution in [0.5, 0.6) is 0 Å². The molecule has 0 atom stereocenters. The van der Waals surface area contributed by atoms with Crippen molar-refractivity contribution in [3.05, 3.63) is 40.8 Å². The molecule has 1 aromatic carbocycles. The molecule has 3 fully saturated rings. The smallest absolute Gasteiger partial charge is 0.289 e. The molecule has 3 aliphatic rings. The molecule has 3 aliphatic heterocycles. The van der Waals surface area contributed by atoms with Crippen molar-refractivity contribution in [1.29, 1.82) is 0 Å². The zero-order valence-electron chi connectivity index (χ0n) is 14.1. The van der Waals surface area contributed by atoms with Crippen LogP contribution in [0.4, 0.5) is 14.4 Å². The summed E-state index contributed by atoms with van der Waals surface area (Å²) >= 11 is 13.0. The molecular formula is C16H13N3O4S5. The molecule has 28 heavy (non-hydrogen) atoms. The highest BCUT2D eigenvalue weighted by Crippen LogP contribution is 2.26. The van der Waals surface area contributed by atoms with E-state index in [1.807, 2.05) is 36.4 Å². The van der Waals surface area contributed by atoms with Crippen molar-refractivity contribution in [3.8, 4) is 0 Å². The minimum absolute atomic E-state index is 0.0231. The zero-order chi connectivity index (χ0) is 20.5. The third-order valence-corrected chi connectivity index (χ3v) is 6.17. The summed E-state index contributed by atoms with van der Waals surface area (Å²) in [4.78, 5) is 43.4. The first kappa shape index (κ1) is 22.6. The Labute approximate surface area is 184 Å². The molecule has 3 heterocycles. The number of carbonyl (C=O) groups is 4. The molecule has 7 nitrogen and oxygen atoms in total. The molecule has 0 saturated carbocycles. The number of hydrogen-bond acceptors (Lipinski definition) is 9. The average molecular weight is 472 g/mol. The van der Waals surface area contributed by atoms with Crippen molar-refractivity contribution in [2.75, 3.05) is 11.5 Å². The summed E-state index contributed by atoms with van der Waals surface area (Å²) in [5, 5.41) is 6.79. The monoisotopic (exact) mass is 471 g/mol. The second kappa shape index (κ2) is 11.3. The second-order valence-electron chi connectivity index (χ2n) is 5.01. The molecule has 146 valence electrons. The molecule has 12 heteroatoms. The topological polar surface area (TPSA) is 104 Å². The first-order valence-corrected chi connectivity index (χ1v) is 11.2. The van der Waals surface area contributed by atoms with Gasteiger partial charge in [-0.1, -0.05) is 78.3 Å². The van der Waals surface area contributed by atoms with E-state index in [0.717, 1.165) is 34.0 Å². The number of amides is 4. The molecule has 0 aliphatic carbocycles. The van der Waals surface area contributed by atoms with Gasteiger partial charge in [-0.05, 0) is 23.4 Å². The van der Waals surface area contributed by atoms with Gasteiger partial charge in [-0.2, -0.15) is 0 Å². The summed E-state index contributed by atoms with van der Waals surface area (Å²) in [6, 6.07) is 9.79. The Bertz CT molecular complexity index is 799. The number of thioether (sulfide) groups is 3. The van der Waals surface area contributed by atoms with Crippen LogP contribution in [0.15, 0.2) is 35.2 Å². The molecule has 4 rings (SSSR count). The van der Waals surface area contributed by atoms with Crippen molar-refractivity contribution in [2.24, 2.45) is 0 Å². The summed E-state index contributed by atoms with van der Waals surface area (Å²) < 4.78 is 0. The Morgan fingerprint density at radius 3 is 1.82 bits per heavy atom. The predicted octanol–water partition coefficient (Wildman–Crippen LogP) is 3.55. The third-order valence-electron chi connectivity index (χ3n) is 2.89. The van der Waals surface area contributed by atoms with Crippen molar-refractivity contribution in [3.63, 3.8) is 0 Å². The lowest BCUT2D eigenvalue weighted by molar-refractivity contribution is -0.117. The predicted molar refractivity (Wildman–Crippen MR) is 123 cm³/mol. The summed E-state index contributed by atoms with van der Waals surface area (Å²) in [5.74, 6) is 0.766. The van der Waals surface area contributed by atoms with Gasteiger partial charge < -0.3 is 10.6 Å². The van der Waals surface area contributed by atoms with E-state index < -0.39 is 0 Å². The van der Waals surface area contributed by atoms with Crippen LogP contribution >= 0.6 is 59.7 Å². The largest absolute Gasteiger partial charge is 0.310 e. The molecule has 4 amide bonds. The van der Waals surface area contributed by atoms with Gasteiger partial charge in [0, 0.05) is 0 Å². The van der Waals surface area contributed by atoms with Gasteiger partial charge >= 0.3 is 0 Å². The highest BCUT2D eigenvalue weighted by atomic mass is 32.2. The Balaban J connectivity index is 0.000000168. The number of imide groups is 1. The lowest BCUT2D eigenvalue weighted by Gasteiger charge is -1.94. The molecule has 0 radical (unpaired) electrons. The molecule has 0 unspecified atom stereocenters. The van der Waals surface area contributed by atoms with E-state index in [0.29, 0.717) is 21.5 Å². The second-order valence-corrected chi connectivity index (χ2v) is 8.82. The van der Waals surface area contributed by atoms with E-state index in [1.54, 1.807) is 0 Å². The maximum Gasteiger partial charge on any atom is 0.289 e. The van der Waals surface area contributed by atoms with E-state index in [-0.39, 0.29) is 21.6 Å². The van der Waals surface area contributed by atoms with Gasteiger partial charge in [0.1, 0.15) is 4.99 Å². The van der Waals surface area contributed by atoms with Gasteiger partial charge in [0.2, 0.25) is 5.91 Å². The first-order valence-electron chi connectivity index (χ1n) is 7.56. The Morgan fingerprint density at radius 1 is 0.821 bits per heavy atom. The van der Waals surface area contributed by atoms with E-state index >= 15 is 0 Å². The highest BCUT2D eigenvalue weighted by Gasteiger charge is 2.21. The molecule has 3 saturated heterocycles. The fourth-order valence-electron chi connectivity index (χ4n) is 1.76. The Hall–Kier alpha value is -1.73. The van der Waals surface area contributed by atoms with Gasteiger partial charge in [0.25, 0.3) is 15.7 Å². The van der Waals surface area contributed by atoms with Gasteiger partial charge in [0.05, 0.1) is 21.4 Å². The van der Waals surface area contributed by atoms with Gasteiger partial charge in [0.15, 0.2) is 0 Å². The third kappa shape index (κ3) is 8.10. The van der Waals surface area contributed by atoms with E-state index in [4.69, 9.17) is 12.2 Å². The SMILES string of the molecule is O=C1CSC(=O)N1.O=C1NC(=S)/C(=C/c2ccccc2)S1.O=C1NC(=S)CS1. The first-order chi connectivity index (χ1) is 13.3. The summed E-state index contributed by atoms with van der Waals surface area (Å²) in [7, 11) is 0. The molecular weight excluding hydrogens is 459 g/mol. The van der Waals surface area contributed by atoms with Crippen molar-refractivity contribution >= 4 is 97.4 Å². The van der Waals surface area contributed by atoms with Gasteiger partial charge in [-0.3, -0.25) is 24.5 Å². The number of thiocarbonyl (C=S) groups is 2. The van der Waals surface area contributed by atoms with Crippen LogP contribution in [0.1, 0.15) is 5.56 Å². The lowest BCUT2D eigenvalue weighted by Crippen LogP contribution is -2.18. The molecule has 0 bridgehead atoms. The fourth-order valence-corrected chi connectivity index (χ4v) is 4.17. The summed E-state index contributed by atoms with van der Waals surface area (Å²) in [5.41, 5.74) is 1.05. The Morgan fingerprint density at radius 2 is 1.46 bits per heavy atom. The fraction of sp³-hybridized carbons (Fsp3) is 0.125. The molecule has 3 N–H and O–H groups in total. The number of rotatable bonds is 1. The van der Waals surface area contributed by atoms with Crippen LogP contribution in [0.2, 0.25) is 0 Å². The van der Waals surface area contributed by atoms with Crippen LogP contribution in [0, 0.1) is 0 Å². The van der Waals surface area contributed by atoms with Crippen molar-refractivity contribution in [1.82, 2.24) is 16.0 Å². The van der Waals surface area contributed by atoms with Crippen LogP contribution in [0.3, 0.4) is 0 Å². The van der Waals surface area contributed by atoms with Crippen LogP contribution in [0.25, 0.3) is 6.08 Å².